The monoisotopic (exact) mass is 237 g/mol. The van der Waals surface area contributed by atoms with Gasteiger partial charge >= 0.3 is 5.97 Å². The van der Waals surface area contributed by atoms with Crippen LogP contribution >= 0.6 is 0 Å². The van der Waals surface area contributed by atoms with Crippen molar-refractivity contribution in [1.82, 2.24) is 15.1 Å². The predicted octanol–water partition coefficient (Wildman–Crippen LogP) is 0.595. The molecule has 0 amide bonds. The highest BCUT2D eigenvalue weighted by molar-refractivity contribution is 5.74. The SMILES string of the molecule is CCOC(=O)[C@@H]1CNC[C@H]1c1cnn(C)c1C. The minimum Gasteiger partial charge on any atom is -0.466 e. The van der Waals surface area contributed by atoms with Crippen molar-refractivity contribution in [3.8, 4) is 0 Å². The summed E-state index contributed by atoms with van der Waals surface area (Å²) in [4.78, 5) is 11.9. The molecule has 0 aromatic carbocycles. The van der Waals surface area contributed by atoms with Crippen molar-refractivity contribution in [1.29, 1.82) is 0 Å². The van der Waals surface area contributed by atoms with Crippen LogP contribution in [0.15, 0.2) is 6.20 Å². The Morgan fingerprint density at radius 1 is 1.65 bits per heavy atom. The summed E-state index contributed by atoms with van der Waals surface area (Å²) in [6.07, 6.45) is 1.86. The number of carbonyl (C=O) groups is 1. The molecule has 1 aliphatic rings. The van der Waals surface area contributed by atoms with Crippen molar-refractivity contribution in [2.24, 2.45) is 13.0 Å². The molecular formula is C12H19N3O2. The van der Waals surface area contributed by atoms with Crippen LogP contribution in [0.3, 0.4) is 0 Å². The van der Waals surface area contributed by atoms with Crippen molar-refractivity contribution in [3.63, 3.8) is 0 Å². The number of rotatable bonds is 3. The number of hydrogen-bond acceptors (Lipinski definition) is 4. The summed E-state index contributed by atoms with van der Waals surface area (Å²) in [5.41, 5.74) is 2.27. The van der Waals surface area contributed by atoms with E-state index in [1.165, 1.54) is 0 Å². The van der Waals surface area contributed by atoms with Gasteiger partial charge < -0.3 is 10.1 Å². The van der Waals surface area contributed by atoms with Gasteiger partial charge in [0, 0.05) is 31.7 Å². The molecule has 1 aliphatic heterocycles. The van der Waals surface area contributed by atoms with E-state index in [0.717, 1.165) is 17.8 Å². The van der Waals surface area contributed by atoms with Crippen molar-refractivity contribution in [3.05, 3.63) is 17.5 Å². The molecule has 0 saturated carbocycles. The lowest BCUT2D eigenvalue weighted by atomic mass is 9.89. The third kappa shape index (κ3) is 2.20. The minimum atomic E-state index is -0.106. The zero-order valence-electron chi connectivity index (χ0n) is 10.6. The highest BCUT2D eigenvalue weighted by atomic mass is 16.5. The summed E-state index contributed by atoms with van der Waals surface area (Å²) < 4.78 is 6.96. The summed E-state index contributed by atoms with van der Waals surface area (Å²) in [5.74, 6) is -0.00801. The number of hydrogen-bond donors (Lipinski definition) is 1. The van der Waals surface area contributed by atoms with E-state index < -0.39 is 0 Å². The van der Waals surface area contributed by atoms with E-state index in [-0.39, 0.29) is 17.8 Å². The lowest BCUT2D eigenvalue weighted by Crippen LogP contribution is -2.24. The Kier molecular flexibility index (Phi) is 3.47. The number of aromatic nitrogens is 2. The first-order valence-electron chi connectivity index (χ1n) is 6.01. The number of ether oxygens (including phenoxy) is 1. The van der Waals surface area contributed by atoms with E-state index in [9.17, 15) is 4.79 Å². The Morgan fingerprint density at radius 2 is 2.41 bits per heavy atom. The van der Waals surface area contributed by atoms with Gasteiger partial charge in [-0.3, -0.25) is 9.48 Å². The van der Waals surface area contributed by atoms with Crippen LogP contribution in [-0.2, 0) is 16.6 Å². The van der Waals surface area contributed by atoms with Gasteiger partial charge in [-0.15, -0.1) is 0 Å². The third-order valence-corrected chi connectivity index (χ3v) is 3.48. The van der Waals surface area contributed by atoms with Crippen LogP contribution in [0.2, 0.25) is 0 Å². The molecule has 17 heavy (non-hydrogen) atoms. The predicted molar refractivity (Wildman–Crippen MR) is 63.7 cm³/mol. The van der Waals surface area contributed by atoms with Crippen molar-refractivity contribution < 1.29 is 9.53 Å². The molecule has 1 saturated heterocycles. The molecule has 2 heterocycles. The van der Waals surface area contributed by atoms with Gasteiger partial charge in [-0.1, -0.05) is 0 Å². The molecule has 0 radical (unpaired) electrons. The van der Waals surface area contributed by atoms with E-state index in [2.05, 4.69) is 10.4 Å². The lowest BCUT2D eigenvalue weighted by Gasteiger charge is -2.16. The molecule has 0 unspecified atom stereocenters. The molecule has 0 spiro atoms. The first-order valence-corrected chi connectivity index (χ1v) is 6.01. The molecular weight excluding hydrogens is 218 g/mol. The second kappa shape index (κ2) is 4.87. The van der Waals surface area contributed by atoms with E-state index in [1.807, 2.05) is 31.8 Å². The molecule has 1 N–H and O–H groups in total. The topological polar surface area (TPSA) is 56.1 Å². The first-order chi connectivity index (χ1) is 8.15. The Bertz CT molecular complexity index is 414. The molecule has 94 valence electrons. The maximum Gasteiger partial charge on any atom is 0.310 e. The summed E-state index contributed by atoms with van der Waals surface area (Å²) in [6.45, 7) is 5.81. The maximum atomic E-state index is 11.9. The van der Waals surface area contributed by atoms with Gasteiger partial charge in [0.15, 0.2) is 0 Å². The summed E-state index contributed by atoms with van der Waals surface area (Å²) in [5, 5.41) is 7.50. The maximum absolute atomic E-state index is 11.9. The fraction of sp³-hybridized carbons (Fsp3) is 0.667. The summed E-state index contributed by atoms with van der Waals surface area (Å²) in [7, 11) is 1.92. The average molecular weight is 237 g/mol. The molecule has 0 bridgehead atoms. The van der Waals surface area contributed by atoms with Crippen molar-refractivity contribution in [2.45, 2.75) is 19.8 Å². The molecule has 2 rings (SSSR count). The van der Waals surface area contributed by atoms with Gasteiger partial charge in [-0.2, -0.15) is 5.10 Å². The second-order valence-corrected chi connectivity index (χ2v) is 4.43. The van der Waals surface area contributed by atoms with Gasteiger partial charge in [-0.05, 0) is 19.4 Å². The van der Waals surface area contributed by atoms with Crippen molar-refractivity contribution in [2.75, 3.05) is 19.7 Å². The number of esters is 1. The third-order valence-electron chi connectivity index (χ3n) is 3.48. The molecule has 1 aromatic heterocycles. The normalized spacial score (nSPS) is 23.9. The van der Waals surface area contributed by atoms with Gasteiger partial charge in [0.1, 0.15) is 0 Å². The van der Waals surface area contributed by atoms with Crippen LogP contribution in [0.5, 0.6) is 0 Å². The highest BCUT2D eigenvalue weighted by Crippen LogP contribution is 2.30. The Labute approximate surface area is 101 Å². The Morgan fingerprint density at radius 3 is 3.00 bits per heavy atom. The van der Waals surface area contributed by atoms with Crippen LogP contribution in [0.25, 0.3) is 0 Å². The fourth-order valence-electron chi connectivity index (χ4n) is 2.38. The Hall–Kier alpha value is -1.36. The van der Waals surface area contributed by atoms with E-state index >= 15 is 0 Å². The largest absolute Gasteiger partial charge is 0.466 e. The average Bonchev–Trinajstić information content (AvgIpc) is 2.88. The zero-order valence-corrected chi connectivity index (χ0v) is 10.6. The smallest absolute Gasteiger partial charge is 0.310 e. The molecule has 0 aliphatic carbocycles. The highest BCUT2D eigenvalue weighted by Gasteiger charge is 2.36. The quantitative estimate of drug-likeness (QED) is 0.782. The van der Waals surface area contributed by atoms with Crippen molar-refractivity contribution >= 4 is 5.97 Å². The van der Waals surface area contributed by atoms with Gasteiger partial charge in [-0.25, -0.2) is 0 Å². The number of nitrogens with one attached hydrogen (secondary N) is 1. The molecule has 5 nitrogen and oxygen atoms in total. The molecule has 1 fully saturated rings. The van der Waals surface area contributed by atoms with E-state index in [4.69, 9.17) is 4.74 Å². The molecule has 2 atom stereocenters. The standard InChI is InChI=1S/C12H19N3O2/c1-4-17-12(16)11-6-13-5-10(11)9-7-14-15(3)8(9)2/h7,10-11,13H,4-6H2,1-3H3/t10-,11+/m0/s1. The lowest BCUT2D eigenvalue weighted by molar-refractivity contribution is -0.147. The van der Waals surface area contributed by atoms with E-state index in [1.54, 1.807) is 0 Å². The van der Waals surface area contributed by atoms with Crippen LogP contribution in [0.4, 0.5) is 0 Å². The van der Waals surface area contributed by atoms with E-state index in [0.29, 0.717) is 13.2 Å². The van der Waals surface area contributed by atoms with Gasteiger partial charge in [0.05, 0.1) is 18.7 Å². The number of aryl methyl sites for hydroxylation is 1. The minimum absolute atomic E-state index is 0.0853. The van der Waals surface area contributed by atoms with Gasteiger partial charge in [0.2, 0.25) is 0 Å². The second-order valence-electron chi connectivity index (χ2n) is 4.43. The fourth-order valence-corrected chi connectivity index (χ4v) is 2.38. The molecule has 5 heteroatoms. The molecule has 1 aromatic rings. The number of nitrogens with zero attached hydrogens (tertiary/aromatic N) is 2. The van der Waals surface area contributed by atoms with Gasteiger partial charge in [0.25, 0.3) is 0 Å². The number of carbonyl (C=O) groups excluding carboxylic acids is 1. The Balaban J connectivity index is 2.20. The summed E-state index contributed by atoms with van der Waals surface area (Å²) >= 11 is 0. The zero-order chi connectivity index (χ0) is 12.4. The first kappa shape index (κ1) is 12.1. The summed E-state index contributed by atoms with van der Waals surface area (Å²) in [6, 6.07) is 0. The van der Waals surface area contributed by atoms with Crippen LogP contribution < -0.4 is 5.32 Å². The van der Waals surface area contributed by atoms with Crippen LogP contribution in [-0.4, -0.2) is 35.4 Å². The van der Waals surface area contributed by atoms with Crippen LogP contribution in [0, 0.1) is 12.8 Å². The van der Waals surface area contributed by atoms with Crippen LogP contribution in [0.1, 0.15) is 24.1 Å².